The molecule has 3 N–H and O–H groups in total. The van der Waals surface area contributed by atoms with Crippen molar-refractivity contribution in [1.82, 2.24) is 0 Å². The SMILES string of the molecule is CCCC(O)CCCCCCC(=O)OCC(O)CO. The quantitative estimate of drug-likeness (QED) is 0.370. The second kappa shape index (κ2) is 12.4. The average Bonchev–Trinajstić information content (AvgIpc) is 2.40. The van der Waals surface area contributed by atoms with Crippen molar-refractivity contribution in [3.63, 3.8) is 0 Å². The van der Waals surface area contributed by atoms with Crippen LogP contribution >= 0.6 is 0 Å². The lowest BCUT2D eigenvalue weighted by Crippen LogP contribution is -2.21. The standard InChI is InChI=1S/C14H28O5/c1-2-7-12(16)8-5-3-4-6-9-14(18)19-11-13(17)10-15/h12-13,15-17H,2-11H2,1H3. The minimum absolute atomic E-state index is 0.140. The molecule has 0 aliphatic carbocycles. The summed E-state index contributed by atoms with van der Waals surface area (Å²) in [5.74, 6) is -0.335. The summed E-state index contributed by atoms with van der Waals surface area (Å²) in [6, 6.07) is 0. The third kappa shape index (κ3) is 12.1. The summed E-state index contributed by atoms with van der Waals surface area (Å²) in [5.41, 5.74) is 0. The zero-order valence-corrected chi connectivity index (χ0v) is 11.9. The van der Waals surface area contributed by atoms with Crippen LogP contribution in [0.5, 0.6) is 0 Å². The van der Waals surface area contributed by atoms with Gasteiger partial charge in [-0.05, 0) is 19.3 Å². The highest BCUT2D eigenvalue weighted by molar-refractivity contribution is 5.69. The van der Waals surface area contributed by atoms with Crippen LogP contribution in [0, 0.1) is 0 Å². The highest BCUT2D eigenvalue weighted by Crippen LogP contribution is 2.10. The Balaban J connectivity index is 3.32. The number of aliphatic hydroxyl groups is 3. The van der Waals surface area contributed by atoms with Gasteiger partial charge in [0.2, 0.25) is 0 Å². The Morgan fingerprint density at radius 3 is 2.37 bits per heavy atom. The van der Waals surface area contributed by atoms with Gasteiger partial charge in [0, 0.05) is 6.42 Å². The number of esters is 1. The molecule has 0 aliphatic heterocycles. The first-order valence-corrected chi connectivity index (χ1v) is 7.22. The number of carbonyl (C=O) groups is 1. The largest absolute Gasteiger partial charge is 0.463 e. The molecule has 114 valence electrons. The molecule has 0 aromatic rings. The van der Waals surface area contributed by atoms with Crippen LogP contribution in [-0.2, 0) is 9.53 Å². The summed E-state index contributed by atoms with van der Waals surface area (Å²) in [6.07, 6.45) is 5.57. The normalized spacial score (nSPS) is 14.1. The van der Waals surface area contributed by atoms with Crippen molar-refractivity contribution in [2.45, 2.75) is 70.5 Å². The lowest BCUT2D eigenvalue weighted by molar-refractivity contribution is -0.147. The van der Waals surface area contributed by atoms with Crippen molar-refractivity contribution in [2.75, 3.05) is 13.2 Å². The fourth-order valence-electron chi connectivity index (χ4n) is 1.79. The Bertz CT molecular complexity index is 220. The number of ether oxygens (including phenoxy) is 1. The van der Waals surface area contributed by atoms with E-state index in [1.807, 2.05) is 0 Å². The van der Waals surface area contributed by atoms with Gasteiger partial charge in [0.1, 0.15) is 12.7 Å². The van der Waals surface area contributed by atoms with Crippen LogP contribution < -0.4 is 0 Å². The van der Waals surface area contributed by atoms with E-state index in [-0.39, 0.29) is 18.7 Å². The van der Waals surface area contributed by atoms with E-state index in [0.29, 0.717) is 6.42 Å². The van der Waals surface area contributed by atoms with E-state index in [4.69, 9.17) is 14.9 Å². The molecule has 0 saturated carbocycles. The molecule has 0 spiro atoms. The van der Waals surface area contributed by atoms with E-state index in [9.17, 15) is 9.90 Å². The van der Waals surface area contributed by atoms with Gasteiger partial charge in [-0.3, -0.25) is 4.79 Å². The summed E-state index contributed by atoms with van der Waals surface area (Å²) in [7, 11) is 0. The molecule has 0 aliphatic rings. The predicted octanol–water partition coefficient (Wildman–Crippen LogP) is 1.38. The molecule has 0 fully saturated rings. The Labute approximate surface area is 115 Å². The van der Waals surface area contributed by atoms with Gasteiger partial charge in [0.05, 0.1) is 12.7 Å². The molecule has 5 heteroatoms. The van der Waals surface area contributed by atoms with E-state index in [0.717, 1.165) is 44.9 Å². The molecule has 0 aromatic carbocycles. The van der Waals surface area contributed by atoms with E-state index >= 15 is 0 Å². The van der Waals surface area contributed by atoms with Crippen molar-refractivity contribution in [1.29, 1.82) is 0 Å². The summed E-state index contributed by atoms with van der Waals surface area (Å²) < 4.78 is 4.78. The molecule has 0 heterocycles. The van der Waals surface area contributed by atoms with Crippen LogP contribution in [0.4, 0.5) is 0 Å². The molecule has 5 nitrogen and oxygen atoms in total. The minimum atomic E-state index is -0.982. The fraction of sp³-hybridized carbons (Fsp3) is 0.929. The van der Waals surface area contributed by atoms with Gasteiger partial charge < -0.3 is 20.1 Å². The zero-order chi connectivity index (χ0) is 14.5. The van der Waals surface area contributed by atoms with Crippen LogP contribution in [0.15, 0.2) is 0 Å². The molecule has 19 heavy (non-hydrogen) atoms. The lowest BCUT2D eigenvalue weighted by atomic mass is 10.1. The first-order valence-electron chi connectivity index (χ1n) is 7.22. The van der Waals surface area contributed by atoms with Gasteiger partial charge in [-0.2, -0.15) is 0 Å². The first-order chi connectivity index (χ1) is 9.10. The topological polar surface area (TPSA) is 87.0 Å². The van der Waals surface area contributed by atoms with Crippen molar-refractivity contribution in [3.8, 4) is 0 Å². The van der Waals surface area contributed by atoms with Crippen LogP contribution in [0.2, 0.25) is 0 Å². The zero-order valence-electron chi connectivity index (χ0n) is 11.9. The predicted molar refractivity (Wildman–Crippen MR) is 72.7 cm³/mol. The Kier molecular flexibility index (Phi) is 12.0. The van der Waals surface area contributed by atoms with E-state index in [1.165, 1.54) is 0 Å². The van der Waals surface area contributed by atoms with E-state index < -0.39 is 12.7 Å². The first kappa shape index (κ1) is 18.4. The maximum atomic E-state index is 11.2. The third-order valence-corrected chi connectivity index (χ3v) is 2.94. The van der Waals surface area contributed by atoms with Gasteiger partial charge in [0.15, 0.2) is 0 Å². The number of hydrogen-bond donors (Lipinski definition) is 3. The number of carbonyl (C=O) groups excluding carboxylic acids is 1. The minimum Gasteiger partial charge on any atom is -0.463 e. The molecule has 0 amide bonds. The molecular weight excluding hydrogens is 248 g/mol. The molecular formula is C14H28O5. The molecule has 0 rings (SSSR count). The van der Waals surface area contributed by atoms with Crippen molar-refractivity contribution < 1.29 is 24.9 Å². The Morgan fingerprint density at radius 1 is 1.05 bits per heavy atom. The third-order valence-electron chi connectivity index (χ3n) is 2.94. The Hall–Kier alpha value is -0.650. The van der Waals surface area contributed by atoms with Crippen LogP contribution in [0.3, 0.4) is 0 Å². The van der Waals surface area contributed by atoms with E-state index in [1.54, 1.807) is 0 Å². The Morgan fingerprint density at radius 2 is 1.74 bits per heavy atom. The monoisotopic (exact) mass is 276 g/mol. The number of unbranched alkanes of at least 4 members (excludes halogenated alkanes) is 3. The van der Waals surface area contributed by atoms with Gasteiger partial charge in [0.25, 0.3) is 0 Å². The molecule has 2 atom stereocenters. The second-order valence-electron chi connectivity index (χ2n) is 4.91. The van der Waals surface area contributed by atoms with Crippen LogP contribution in [-0.4, -0.2) is 46.7 Å². The van der Waals surface area contributed by atoms with Crippen molar-refractivity contribution in [3.05, 3.63) is 0 Å². The summed E-state index contributed by atoms with van der Waals surface area (Å²) in [5, 5.41) is 27.1. The smallest absolute Gasteiger partial charge is 0.305 e. The molecule has 0 saturated heterocycles. The van der Waals surface area contributed by atoms with Gasteiger partial charge in [-0.15, -0.1) is 0 Å². The van der Waals surface area contributed by atoms with E-state index in [2.05, 4.69) is 6.92 Å². The molecule has 0 bridgehead atoms. The lowest BCUT2D eigenvalue weighted by Gasteiger charge is -2.09. The highest BCUT2D eigenvalue weighted by Gasteiger charge is 2.07. The van der Waals surface area contributed by atoms with Crippen molar-refractivity contribution in [2.24, 2.45) is 0 Å². The number of rotatable bonds is 12. The van der Waals surface area contributed by atoms with Crippen LogP contribution in [0.25, 0.3) is 0 Å². The van der Waals surface area contributed by atoms with Crippen LogP contribution in [0.1, 0.15) is 58.3 Å². The number of hydrogen-bond acceptors (Lipinski definition) is 5. The second-order valence-corrected chi connectivity index (χ2v) is 4.91. The summed E-state index contributed by atoms with van der Waals surface area (Å²) in [4.78, 5) is 11.2. The van der Waals surface area contributed by atoms with Gasteiger partial charge in [-0.25, -0.2) is 0 Å². The molecule has 0 radical (unpaired) electrons. The maximum Gasteiger partial charge on any atom is 0.305 e. The van der Waals surface area contributed by atoms with Crippen molar-refractivity contribution >= 4 is 5.97 Å². The fourth-order valence-corrected chi connectivity index (χ4v) is 1.79. The average molecular weight is 276 g/mol. The highest BCUT2D eigenvalue weighted by atomic mass is 16.5. The summed E-state index contributed by atoms with van der Waals surface area (Å²) >= 11 is 0. The maximum absolute atomic E-state index is 11.2. The molecule has 0 aromatic heterocycles. The van der Waals surface area contributed by atoms with Gasteiger partial charge in [-0.1, -0.05) is 32.6 Å². The van der Waals surface area contributed by atoms with Gasteiger partial charge >= 0.3 is 5.97 Å². The molecule has 2 unspecified atom stereocenters. The summed E-state index contributed by atoms with van der Waals surface area (Å²) in [6.45, 7) is 1.52. The number of aliphatic hydroxyl groups excluding tert-OH is 3.